The lowest BCUT2D eigenvalue weighted by Gasteiger charge is -2.36. The maximum atomic E-state index is 12.1. The number of anilines is 3. The Balaban J connectivity index is 1.32. The molecule has 2 aliphatic heterocycles. The van der Waals surface area contributed by atoms with Crippen LogP contribution in [0.5, 0.6) is 0 Å². The van der Waals surface area contributed by atoms with Gasteiger partial charge >= 0.3 is 0 Å². The first-order chi connectivity index (χ1) is 12.8. The molecule has 3 heterocycles. The van der Waals surface area contributed by atoms with Gasteiger partial charge in [-0.1, -0.05) is 18.2 Å². The molecule has 0 radical (unpaired) electrons. The number of pyridine rings is 1. The Morgan fingerprint density at radius 2 is 1.81 bits per heavy atom. The Morgan fingerprint density at radius 1 is 1.04 bits per heavy atom. The Kier molecular flexibility index (Phi) is 5.02. The first kappa shape index (κ1) is 16.8. The second kappa shape index (κ2) is 7.74. The first-order valence-electron chi connectivity index (χ1n) is 9.23. The molecule has 6 heteroatoms. The summed E-state index contributed by atoms with van der Waals surface area (Å²) in [5, 5.41) is 2.89. The van der Waals surface area contributed by atoms with Crippen molar-refractivity contribution in [1.29, 1.82) is 0 Å². The van der Waals surface area contributed by atoms with Gasteiger partial charge in [-0.25, -0.2) is 4.98 Å². The highest BCUT2D eigenvalue weighted by atomic mass is 16.5. The maximum Gasteiger partial charge on any atom is 0.253 e. The topological polar surface area (TPSA) is 57.7 Å². The van der Waals surface area contributed by atoms with Crippen LogP contribution in [-0.4, -0.2) is 49.8 Å². The Bertz CT molecular complexity index is 721. The molecule has 1 aromatic carbocycles. The second-order valence-electron chi connectivity index (χ2n) is 6.71. The van der Waals surface area contributed by atoms with E-state index in [4.69, 9.17) is 4.74 Å². The standard InChI is InChI=1S/C20H24N4O2/c25-20(18-7-4-14-26-18)22-16-8-9-19(21-15-16)24-12-10-23(11-13-24)17-5-2-1-3-6-17/h1-3,5-6,8-9,15,18H,4,7,10-14H2,(H,22,25). The minimum atomic E-state index is -0.319. The van der Waals surface area contributed by atoms with Gasteiger partial charge in [0.2, 0.25) is 0 Å². The zero-order valence-corrected chi connectivity index (χ0v) is 14.8. The second-order valence-corrected chi connectivity index (χ2v) is 6.71. The molecule has 2 fully saturated rings. The van der Waals surface area contributed by atoms with Crippen molar-refractivity contribution in [3.05, 3.63) is 48.7 Å². The number of para-hydroxylation sites is 1. The number of ether oxygens (including phenoxy) is 1. The summed E-state index contributed by atoms with van der Waals surface area (Å²) in [6, 6.07) is 14.4. The molecule has 4 rings (SSSR count). The lowest BCUT2D eigenvalue weighted by molar-refractivity contribution is -0.124. The van der Waals surface area contributed by atoms with E-state index in [1.165, 1.54) is 5.69 Å². The predicted octanol–water partition coefficient (Wildman–Crippen LogP) is 2.53. The molecule has 1 atom stereocenters. The molecular formula is C20H24N4O2. The summed E-state index contributed by atoms with van der Waals surface area (Å²) in [6.07, 6.45) is 3.15. The monoisotopic (exact) mass is 352 g/mol. The number of aromatic nitrogens is 1. The van der Waals surface area contributed by atoms with Gasteiger partial charge in [0.15, 0.2) is 0 Å². The molecule has 2 aromatic rings. The molecule has 136 valence electrons. The summed E-state index contributed by atoms with van der Waals surface area (Å²) in [4.78, 5) is 21.3. The van der Waals surface area contributed by atoms with Crippen LogP contribution < -0.4 is 15.1 Å². The number of piperazine rings is 1. The number of carbonyl (C=O) groups is 1. The van der Waals surface area contributed by atoms with Crippen LogP contribution >= 0.6 is 0 Å². The lowest BCUT2D eigenvalue weighted by atomic mass is 10.2. The van der Waals surface area contributed by atoms with Crippen LogP contribution in [-0.2, 0) is 9.53 Å². The van der Waals surface area contributed by atoms with Crippen LogP contribution in [0.15, 0.2) is 48.7 Å². The lowest BCUT2D eigenvalue weighted by Crippen LogP contribution is -2.46. The van der Waals surface area contributed by atoms with Crippen LogP contribution in [0.4, 0.5) is 17.2 Å². The summed E-state index contributed by atoms with van der Waals surface area (Å²) in [7, 11) is 0. The number of carbonyl (C=O) groups excluding carboxylic acids is 1. The summed E-state index contributed by atoms with van der Waals surface area (Å²) in [6.45, 7) is 4.49. The molecule has 0 bridgehead atoms. The van der Waals surface area contributed by atoms with Gasteiger partial charge in [-0.15, -0.1) is 0 Å². The van der Waals surface area contributed by atoms with Gasteiger partial charge in [0, 0.05) is 38.5 Å². The number of amides is 1. The van der Waals surface area contributed by atoms with Gasteiger partial charge in [0.25, 0.3) is 5.91 Å². The molecule has 2 saturated heterocycles. The van der Waals surface area contributed by atoms with Gasteiger partial charge < -0.3 is 19.9 Å². The van der Waals surface area contributed by atoms with Gasteiger partial charge in [0.05, 0.1) is 11.9 Å². The van der Waals surface area contributed by atoms with Crippen molar-refractivity contribution in [3.8, 4) is 0 Å². The van der Waals surface area contributed by atoms with E-state index in [2.05, 4.69) is 44.4 Å². The predicted molar refractivity (Wildman–Crippen MR) is 103 cm³/mol. The summed E-state index contributed by atoms with van der Waals surface area (Å²) in [5.41, 5.74) is 1.99. The molecule has 0 aliphatic carbocycles. The van der Waals surface area contributed by atoms with E-state index in [1.807, 2.05) is 18.2 Å². The van der Waals surface area contributed by atoms with E-state index in [9.17, 15) is 4.79 Å². The molecule has 1 aromatic heterocycles. The molecule has 2 aliphatic rings. The Labute approximate surface area is 153 Å². The largest absolute Gasteiger partial charge is 0.368 e. The highest BCUT2D eigenvalue weighted by Crippen LogP contribution is 2.20. The van der Waals surface area contributed by atoms with Gasteiger partial charge in [-0.3, -0.25) is 4.79 Å². The van der Waals surface area contributed by atoms with Gasteiger partial charge in [0.1, 0.15) is 11.9 Å². The van der Waals surface area contributed by atoms with Crippen LogP contribution in [0.1, 0.15) is 12.8 Å². The third-order valence-electron chi connectivity index (χ3n) is 4.96. The van der Waals surface area contributed by atoms with Crippen LogP contribution in [0, 0.1) is 0 Å². The van der Waals surface area contributed by atoms with Crippen molar-refractivity contribution in [2.24, 2.45) is 0 Å². The number of nitrogens with one attached hydrogen (secondary N) is 1. The number of hydrogen-bond acceptors (Lipinski definition) is 5. The fraction of sp³-hybridized carbons (Fsp3) is 0.400. The highest BCUT2D eigenvalue weighted by molar-refractivity contribution is 5.94. The van der Waals surface area contributed by atoms with Crippen molar-refractivity contribution < 1.29 is 9.53 Å². The number of benzene rings is 1. The summed E-state index contributed by atoms with van der Waals surface area (Å²) < 4.78 is 5.41. The van der Waals surface area contributed by atoms with Crippen molar-refractivity contribution >= 4 is 23.1 Å². The minimum Gasteiger partial charge on any atom is -0.368 e. The van der Waals surface area contributed by atoms with Crippen molar-refractivity contribution in [3.63, 3.8) is 0 Å². The quantitative estimate of drug-likeness (QED) is 0.916. The molecule has 26 heavy (non-hydrogen) atoms. The molecule has 0 saturated carbocycles. The van der Waals surface area contributed by atoms with Gasteiger partial charge in [-0.2, -0.15) is 0 Å². The summed E-state index contributed by atoms with van der Waals surface area (Å²) in [5.74, 6) is 0.876. The van der Waals surface area contributed by atoms with Crippen molar-refractivity contribution in [1.82, 2.24) is 4.98 Å². The maximum absolute atomic E-state index is 12.1. The van der Waals surface area contributed by atoms with E-state index in [0.29, 0.717) is 6.61 Å². The zero-order chi connectivity index (χ0) is 17.8. The normalized spacial score (nSPS) is 20.2. The SMILES string of the molecule is O=C(Nc1ccc(N2CCN(c3ccccc3)CC2)nc1)C1CCCO1. The minimum absolute atomic E-state index is 0.0754. The average molecular weight is 352 g/mol. The van der Waals surface area contributed by atoms with Crippen molar-refractivity contribution in [2.45, 2.75) is 18.9 Å². The average Bonchev–Trinajstić information content (AvgIpc) is 3.25. The molecule has 6 nitrogen and oxygen atoms in total. The molecule has 1 unspecified atom stereocenters. The Morgan fingerprint density at radius 3 is 2.46 bits per heavy atom. The number of nitrogens with zero attached hydrogens (tertiary/aromatic N) is 3. The fourth-order valence-corrected chi connectivity index (χ4v) is 3.49. The van der Waals surface area contributed by atoms with Crippen LogP contribution in [0.25, 0.3) is 0 Å². The fourth-order valence-electron chi connectivity index (χ4n) is 3.49. The number of hydrogen-bond donors (Lipinski definition) is 1. The van der Waals surface area contributed by atoms with E-state index in [-0.39, 0.29) is 12.0 Å². The third-order valence-corrected chi connectivity index (χ3v) is 4.96. The van der Waals surface area contributed by atoms with E-state index >= 15 is 0 Å². The molecule has 0 spiro atoms. The van der Waals surface area contributed by atoms with Crippen LogP contribution in [0.2, 0.25) is 0 Å². The highest BCUT2D eigenvalue weighted by Gasteiger charge is 2.24. The van der Waals surface area contributed by atoms with E-state index in [1.54, 1.807) is 6.20 Å². The molecule has 1 N–H and O–H groups in total. The third kappa shape index (κ3) is 3.80. The van der Waals surface area contributed by atoms with Crippen molar-refractivity contribution in [2.75, 3.05) is 47.9 Å². The van der Waals surface area contributed by atoms with E-state index < -0.39 is 0 Å². The zero-order valence-electron chi connectivity index (χ0n) is 14.8. The van der Waals surface area contributed by atoms with Gasteiger partial charge in [-0.05, 0) is 37.1 Å². The Hall–Kier alpha value is -2.60. The molecular weight excluding hydrogens is 328 g/mol. The smallest absolute Gasteiger partial charge is 0.253 e. The first-order valence-corrected chi connectivity index (χ1v) is 9.23. The number of rotatable bonds is 4. The van der Waals surface area contributed by atoms with Crippen LogP contribution in [0.3, 0.4) is 0 Å². The molecule has 1 amide bonds. The van der Waals surface area contributed by atoms with E-state index in [0.717, 1.165) is 50.5 Å². The summed E-state index contributed by atoms with van der Waals surface area (Å²) >= 11 is 0.